The van der Waals surface area contributed by atoms with Crippen LogP contribution >= 0.6 is 0 Å². The predicted molar refractivity (Wildman–Crippen MR) is 101 cm³/mol. The zero-order valence-electron chi connectivity index (χ0n) is 16.3. The predicted octanol–water partition coefficient (Wildman–Crippen LogP) is 1.96. The molecule has 0 spiro atoms. The average Bonchev–Trinajstić information content (AvgIpc) is 2.60. The monoisotopic (exact) mass is 377 g/mol. The van der Waals surface area contributed by atoms with Crippen molar-refractivity contribution in [1.82, 2.24) is 9.80 Å². The molecule has 0 saturated carbocycles. The number of nitrogens with zero attached hydrogens (tertiary/aromatic N) is 2. The fourth-order valence-electron chi connectivity index (χ4n) is 2.63. The van der Waals surface area contributed by atoms with Gasteiger partial charge in [-0.15, -0.1) is 0 Å². The molecule has 8 heteroatoms. The third-order valence-electron chi connectivity index (χ3n) is 3.98. The highest BCUT2D eigenvalue weighted by Crippen LogP contribution is 2.13. The third-order valence-corrected chi connectivity index (χ3v) is 3.98. The lowest BCUT2D eigenvalue weighted by Gasteiger charge is -2.35. The van der Waals surface area contributed by atoms with E-state index in [0.29, 0.717) is 37.4 Å². The third kappa shape index (κ3) is 6.56. The number of amides is 2. The van der Waals surface area contributed by atoms with Crippen molar-refractivity contribution in [2.24, 2.45) is 0 Å². The van der Waals surface area contributed by atoms with Crippen molar-refractivity contribution in [1.29, 1.82) is 0 Å². The van der Waals surface area contributed by atoms with Crippen molar-refractivity contribution in [3.8, 4) is 0 Å². The number of methoxy groups -OCH3 is 1. The van der Waals surface area contributed by atoms with E-state index in [4.69, 9.17) is 4.74 Å². The Morgan fingerprint density at radius 3 is 2.15 bits per heavy atom. The van der Waals surface area contributed by atoms with Gasteiger partial charge in [0.15, 0.2) is 0 Å². The van der Waals surface area contributed by atoms with Gasteiger partial charge in [-0.1, -0.05) is 0 Å². The Morgan fingerprint density at radius 2 is 1.63 bits per heavy atom. The van der Waals surface area contributed by atoms with Gasteiger partial charge < -0.3 is 19.7 Å². The molecule has 148 valence electrons. The first-order valence-electron chi connectivity index (χ1n) is 8.86. The Hall–Kier alpha value is -2.61. The van der Waals surface area contributed by atoms with Gasteiger partial charge in [-0.05, 0) is 45.0 Å². The topological polar surface area (TPSA) is 88.2 Å². The number of ether oxygens (including phenoxy) is 2. The van der Waals surface area contributed by atoms with Gasteiger partial charge in [0.05, 0.1) is 19.2 Å². The van der Waals surface area contributed by atoms with Crippen molar-refractivity contribution in [2.45, 2.75) is 26.4 Å². The summed E-state index contributed by atoms with van der Waals surface area (Å²) in [6.07, 6.45) is -0.322. The second-order valence-electron chi connectivity index (χ2n) is 7.36. The molecule has 2 amide bonds. The maximum Gasteiger partial charge on any atom is 0.410 e. The molecule has 1 N–H and O–H groups in total. The van der Waals surface area contributed by atoms with E-state index in [0.717, 1.165) is 0 Å². The van der Waals surface area contributed by atoms with Gasteiger partial charge in [0.1, 0.15) is 5.60 Å². The number of carbonyl (C=O) groups excluding carboxylic acids is 3. The Balaban J connectivity index is 1.77. The van der Waals surface area contributed by atoms with Crippen LogP contribution in [0.4, 0.5) is 10.5 Å². The summed E-state index contributed by atoms with van der Waals surface area (Å²) in [5.41, 5.74) is 0.520. The minimum Gasteiger partial charge on any atom is -0.465 e. The van der Waals surface area contributed by atoms with Crippen LogP contribution in [0, 0.1) is 0 Å². The molecule has 27 heavy (non-hydrogen) atoms. The maximum atomic E-state index is 12.2. The Morgan fingerprint density at radius 1 is 1.04 bits per heavy atom. The minimum atomic E-state index is -0.516. The van der Waals surface area contributed by atoms with Crippen LogP contribution < -0.4 is 5.32 Å². The second kappa shape index (κ2) is 8.85. The molecule has 1 heterocycles. The molecule has 0 aromatic heterocycles. The van der Waals surface area contributed by atoms with Crippen molar-refractivity contribution in [2.75, 3.05) is 45.2 Å². The van der Waals surface area contributed by atoms with E-state index in [1.54, 1.807) is 29.2 Å². The van der Waals surface area contributed by atoms with E-state index < -0.39 is 11.6 Å². The first-order valence-corrected chi connectivity index (χ1v) is 8.86. The molecule has 1 saturated heterocycles. The van der Waals surface area contributed by atoms with E-state index in [2.05, 4.69) is 10.1 Å². The van der Waals surface area contributed by atoms with Gasteiger partial charge >= 0.3 is 12.1 Å². The van der Waals surface area contributed by atoms with Crippen LogP contribution in [-0.2, 0) is 14.3 Å². The number of nitrogens with one attached hydrogen (secondary N) is 1. The summed E-state index contributed by atoms with van der Waals surface area (Å²) in [4.78, 5) is 39.3. The van der Waals surface area contributed by atoms with E-state index in [1.165, 1.54) is 7.11 Å². The summed E-state index contributed by atoms with van der Waals surface area (Å²) < 4.78 is 10.0. The largest absolute Gasteiger partial charge is 0.465 e. The van der Waals surface area contributed by atoms with Gasteiger partial charge in [-0.3, -0.25) is 9.69 Å². The molecule has 0 unspecified atom stereocenters. The minimum absolute atomic E-state index is 0.147. The zero-order chi connectivity index (χ0) is 20.0. The number of hydrogen-bond acceptors (Lipinski definition) is 6. The lowest BCUT2D eigenvalue weighted by molar-refractivity contribution is -0.117. The summed E-state index contributed by atoms with van der Waals surface area (Å²) in [6, 6.07) is 6.51. The molecule has 1 aliphatic heterocycles. The van der Waals surface area contributed by atoms with Crippen LogP contribution in [0.1, 0.15) is 31.1 Å². The number of carbonyl (C=O) groups is 3. The summed E-state index contributed by atoms with van der Waals surface area (Å²) in [5, 5.41) is 2.80. The van der Waals surface area contributed by atoms with Gasteiger partial charge in [0.25, 0.3) is 0 Å². The Labute approximate surface area is 159 Å². The summed E-state index contributed by atoms with van der Waals surface area (Å²) in [6.45, 7) is 8.00. The molecule has 1 aromatic rings. The highest BCUT2D eigenvalue weighted by Gasteiger charge is 2.26. The van der Waals surface area contributed by atoms with E-state index in [9.17, 15) is 14.4 Å². The first kappa shape index (κ1) is 20.7. The van der Waals surface area contributed by atoms with Crippen molar-refractivity contribution < 1.29 is 23.9 Å². The van der Waals surface area contributed by atoms with Crippen molar-refractivity contribution in [3.05, 3.63) is 29.8 Å². The Bertz CT molecular complexity index is 674. The number of anilines is 1. The van der Waals surface area contributed by atoms with E-state index in [-0.39, 0.29) is 18.5 Å². The van der Waals surface area contributed by atoms with Crippen LogP contribution in [-0.4, -0.2) is 73.2 Å². The van der Waals surface area contributed by atoms with Crippen LogP contribution in [0.25, 0.3) is 0 Å². The van der Waals surface area contributed by atoms with Crippen molar-refractivity contribution in [3.63, 3.8) is 0 Å². The van der Waals surface area contributed by atoms with E-state index in [1.807, 2.05) is 25.7 Å². The summed E-state index contributed by atoms with van der Waals surface area (Å²) >= 11 is 0. The molecular weight excluding hydrogens is 350 g/mol. The smallest absolute Gasteiger partial charge is 0.410 e. The number of piperazine rings is 1. The number of benzene rings is 1. The molecule has 1 fully saturated rings. The summed E-state index contributed by atoms with van der Waals surface area (Å²) in [7, 11) is 1.32. The van der Waals surface area contributed by atoms with Gasteiger partial charge in [0, 0.05) is 31.9 Å². The fourth-order valence-corrected chi connectivity index (χ4v) is 2.63. The van der Waals surface area contributed by atoms with Crippen LogP contribution in [0.15, 0.2) is 24.3 Å². The molecular formula is C19H27N3O5. The molecule has 0 bridgehead atoms. The van der Waals surface area contributed by atoms with Crippen molar-refractivity contribution >= 4 is 23.7 Å². The van der Waals surface area contributed by atoms with Gasteiger partial charge in [-0.2, -0.15) is 0 Å². The lowest BCUT2D eigenvalue weighted by Crippen LogP contribution is -2.51. The van der Waals surface area contributed by atoms with Crippen LogP contribution in [0.2, 0.25) is 0 Å². The number of esters is 1. The van der Waals surface area contributed by atoms with Gasteiger partial charge in [0.2, 0.25) is 5.91 Å². The zero-order valence-corrected chi connectivity index (χ0v) is 16.3. The molecule has 1 aliphatic rings. The standard InChI is InChI=1S/C19H27N3O5/c1-19(2,3)27-18(25)22-11-9-21(10-12-22)13-16(23)20-15-7-5-14(6-8-15)17(24)26-4/h5-8H,9-13H2,1-4H3,(H,20,23). The maximum absolute atomic E-state index is 12.2. The normalized spacial score (nSPS) is 15.2. The highest BCUT2D eigenvalue weighted by molar-refractivity contribution is 5.94. The first-order chi connectivity index (χ1) is 12.7. The molecule has 0 radical (unpaired) electrons. The molecule has 0 atom stereocenters. The molecule has 2 rings (SSSR count). The average molecular weight is 377 g/mol. The quantitative estimate of drug-likeness (QED) is 0.807. The molecule has 8 nitrogen and oxygen atoms in total. The number of hydrogen-bond donors (Lipinski definition) is 1. The number of rotatable bonds is 4. The Kier molecular flexibility index (Phi) is 6.79. The highest BCUT2D eigenvalue weighted by atomic mass is 16.6. The lowest BCUT2D eigenvalue weighted by atomic mass is 10.2. The fraction of sp³-hybridized carbons (Fsp3) is 0.526. The van der Waals surface area contributed by atoms with E-state index >= 15 is 0 Å². The van der Waals surface area contributed by atoms with Gasteiger partial charge in [-0.25, -0.2) is 9.59 Å². The van der Waals surface area contributed by atoms with Crippen LogP contribution in [0.3, 0.4) is 0 Å². The second-order valence-corrected chi connectivity index (χ2v) is 7.36. The molecule has 1 aromatic carbocycles. The molecule has 0 aliphatic carbocycles. The van der Waals surface area contributed by atoms with Crippen LogP contribution in [0.5, 0.6) is 0 Å². The summed E-state index contributed by atoms with van der Waals surface area (Å²) in [5.74, 6) is -0.567. The SMILES string of the molecule is COC(=O)c1ccc(NC(=O)CN2CCN(C(=O)OC(C)(C)C)CC2)cc1.